The van der Waals surface area contributed by atoms with E-state index in [1.807, 2.05) is 0 Å². The Morgan fingerprint density at radius 1 is 1.27 bits per heavy atom. The van der Waals surface area contributed by atoms with Crippen molar-refractivity contribution in [2.24, 2.45) is 5.92 Å². The zero-order chi connectivity index (χ0) is 16.3. The number of halogens is 3. The Morgan fingerprint density at radius 3 is 2.45 bits per heavy atom. The normalized spacial score (nSPS) is 21.0. The maximum Gasteiger partial charge on any atom is 0.450 e. The number of hydrogen-bond acceptors (Lipinski definition) is 3. The lowest BCUT2D eigenvalue weighted by atomic mass is 9.81. The minimum absolute atomic E-state index is 0.0445. The molecule has 0 aromatic heterocycles. The summed E-state index contributed by atoms with van der Waals surface area (Å²) in [5.41, 5.74) is 0.947. The fourth-order valence-electron chi connectivity index (χ4n) is 2.47. The fourth-order valence-corrected chi connectivity index (χ4v) is 2.47. The van der Waals surface area contributed by atoms with Crippen LogP contribution in [-0.2, 0) is 9.59 Å². The SMILES string of the molecule is COc1ccc(/C=C2\CCCC(C(=O)C(F)(F)F)C2=O)cc1. The van der Waals surface area contributed by atoms with Gasteiger partial charge in [0.15, 0.2) is 5.78 Å². The zero-order valence-electron chi connectivity index (χ0n) is 11.9. The minimum Gasteiger partial charge on any atom is -0.497 e. The molecule has 0 bridgehead atoms. The lowest BCUT2D eigenvalue weighted by Crippen LogP contribution is -2.37. The predicted octanol–water partition coefficient (Wildman–Crippen LogP) is 3.58. The van der Waals surface area contributed by atoms with Crippen LogP contribution in [0.3, 0.4) is 0 Å². The Kier molecular flexibility index (Phi) is 4.68. The van der Waals surface area contributed by atoms with Crippen molar-refractivity contribution >= 4 is 17.6 Å². The molecule has 0 radical (unpaired) electrons. The standard InChI is InChI=1S/C16H15F3O3/c1-22-12-7-5-10(6-8-12)9-11-3-2-4-13(14(11)20)15(21)16(17,18)19/h5-9,13H,2-4H2,1H3/b11-9+. The lowest BCUT2D eigenvalue weighted by Gasteiger charge is -2.22. The van der Waals surface area contributed by atoms with Crippen LogP contribution < -0.4 is 4.74 Å². The molecule has 0 heterocycles. The van der Waals surface area contributed by atoms with Crippen LogP contribution in [0.2, 0.25) is 0 Å². The lowest BCUT2D eigenvalue weighted by molar-refractivity contribution is -0.176. The molecule has 1 unspecified atom stereocenters. The van der Waals surface area contributed by atoms with Gasteiger partial charge in [-0.2, -0.15) is 13.2 Å². The topological polar surface area (TPSA) is 43.4 Å². The highest BCUT2D eigenvalue weighted by Gasteiger charge is 2.47. The fraction of sp³-hybridized carbons (Fsp3) is 0.375. The number of ether oxygens (including phenoxy) is 1. The number of carbonyl (C=O) groups excluding carboxylic acids is 2. The minimum atomic E-state index is -4.97. The van der Waals surface area contributed by atoms with Gasteiger partial charge in [0.1, 0.15) is 5.75 Å². The van der Waals surface area contributed by atoms with Crippen molar-refractivity contribution in [3.63, 3.8) is 0 Å². The average molecular weight is 312 g/mol. The molecule has 1 aromatic carbocycles. The van der Waals surface area contributed by atoms with Gasteiger partial charge in [-0.1, -0.05) is 12.1 Å². The summed E-state index contributed by atoms with van der Waals surface area (Å²) in [6, 6.07) is 6.79. The summed E-state index contributed by atoms with van der Waals surface area (Å²) >= 11 is 0. The van der Waals surface area contributed by atoms with E-state index in [0.717, 1.165) is 0 Å². The van der Waals surface area contributed by atoms with E-state index < -0.39 is 23.7 Å². The summed E-state index contributed by atoms with van der Waals surface area (Å²) in [5, 5.41) is 0. The van der Waals surface area contributed by atoms with E-state index in [0.29, 0.717) is 24.2 Å². The van der Waals surface area contributed by atoms with Crippen LogP contribution >= 0.6 is 0 Å². The second kappa shape index (κ2) is 6.34. The van der Waals surface area contributed by atoms with Crippen molar-refractivity contribution in [2.75, 3.05) is 7.11 Å². The molecule has 0 saturated heterocycles. The van der Waals surface area contributed by atoms with E-state index in [4.69, 9.17) is 4.74 Å². The molecule has 118 valence electrons. The van der Waals surface area contributed by atoms with Crippen LogP contribution in [-0.4, -0.2) is 24.9 Å². The van der Waals surface area contributed by atoms with Crippen molar-refractivity contribution in [2.45, 2.75) is 25.4 Å². The molecule has 1 aliphatic carbocycles. The number of Topliss-reactive ketones (excluding diaryl/α,β-unsaturated/α-hetero) is 2. The van der Waals surface area contributed by atoms with Gasteiger partial charge in [-0.25, -0.2) is 0 Å². The molecule has 1 aliphatic rings. The van der Waals surface area contributed by atoms with E-state index in [2.05, 4.69) is 0 Å². The molecule has 0 amide bonds. The smallest absolute Gasteiger partial charge is 0.450 e. The second-order valence-corrected chi connectivity index (χ2v) is 5.11. The second-order valence-electron chi connectivity index (χ2n) is 5.11. The number of benzene rings is 1. The molecule has 0 N–H and O–H groups in total. The molecule has 3 nitrogen and oxygen atoms in total. The van der Waals surface area contributed by atoms with Crippen LogP contribution in [0.5, 0.6) is 5.75 Å². The average Bonchev–Trinajstić information content (AvgIpc) is 2.48. The molecule has 22 heavy (non-hydrogen) atoms. The summed E-state index contributed by atoms with van der Waals surface area (Å²) in [6.45, 7) is 0. The number of rotatable bonds is 3. The molecule has 0 aliphatic heterocycles. The summed E-state index contributed by atoms with van der Waals surface area (Å²) in [7, 11) is 1.52. The highest BCUT2D eigenvalue weighted by Crippen LogP contribution is 2.32. The first kappa shape index (κ1) is 16.3. The van der Waals surface area contributed by atoms with Gasteiger partial charge >= 0.3 is 6.18 Å². The molecule has 1 saturated carbocycles. The molecule has 1 atom stereocenters. The van der Waals surface area contributed by atoms with Gasteiger partial charge in [0.05, 0.1) is 13.0 Å². The quantitative estimate of drug-likeness (QED) is 0.633. The third-order valence-corrected chi connectivity index (χ3v) is 3.62. The maximum atomic E-state index is 12.5. The van der Waals surface area contributed by atoms with Crippen LogP contribution in [0.4, 0.5) is 13.2 Å². The van der Waals surface area contributed by atoms with E-state index >= 15 is 0 Å². The van der Waals surface area contributed by atoms with Gasteiger partial charge < -0.3 is 4.74 Å². The molecule has 0 spiro atoms. The number of carbonyl (C=O) groups is 2. The molecular formula is C16H15F3O3. The molecule has 1 fully saturated rings. The van der Waals surface area contributed by atoms with Crippen molar-refractivity contribution in [1.29, 1.82) is 0 Å². The van der Waals surface area contributed by atoms with E-state index in [1.54, 1.807) is 24.3 Å². The van der Waals surface area contributed by atoms with Gasteiger partial charge in [0.2, 0.25) is 5.78 Å². The van der Waals surface area contributed by atoms with Crippen LogP contribution in [0.1, 0.15) is 24.8 Å². The summed E-state index contributed by atoms with van der Waals surface area (Å²) in [4.78, 5) is 23.4. The first-order valence-electron chi connectivity index (χ1n) is 6.83. The Morgan fingerprint density at radius 2 is 1.91 bits per heavy atom. The molecule has 6 heteroatoms. The van der Waals surface area contributed by atoms with Crippen LogP contribution in [0.15, 0.2) is 29.8 Å². The van der Waals surface area contributed by atoms with Crippen molar-refractivity contribution in [1.82, 2.24) is 0 Å². The third kappa shape index (κ3) is 3.55. The highest BCUT2D eigenvalue weighted by molar-refractivity contribution is 6.14. The van der Waals surface area contributed by atoms with Gasteiger partial charge in [-0.3, -0.25) is 9.59 Å². The van der Waals surface area contributed by atoms with Gasteiger partial charge in [-0.05, 0) is 48.6 Å². The summed E-state index contributed by atoms with van der Waals surface area (Å²) in [5.74, 6) is -3.62. The highest BCUT2D eigenvalue weighted by atomic mass is 19.4. The zero-order valence-corrected chi connectivity index (χ0v) is 11.9. The Bertz CT molecular complexity index is 600. The Hall–Kier alpha value is -2.11. The first-order valence-corrected chi connectivity index (χ1v) is 6.83. The van der Waals surface area contributed by atoms with Crippen LogP contribution in [0, 0.1) is 5.92 Å². The monoisotopic (exact) mass is 312 g/mol. The number of hydrogen-bond donors (Lipinski definition) is 0. The summed E-state index contributed by atoms with van der Waals surface area (Å²) < 4.78 is 42.5. The van der Waals surface area contributed by atoms with E-state index in [9.17, 15) is 22.8 Å². The number of ketones is 2. The first-order chi connectivity index (χ1) is 10.3. The van der Waals surface area contributed by atoms with E-state index in [1.165, 1.54) is 13.2 Å². The van der Waals surface area contributed by atoms with Gasteiger partial charge in [0.25, 0.3) is 0 Å². The number of allylic oxidation sites excluding steroid dienone is 1. The predicted molar refractivity (Wildman–Crippen MR) is 74.4 cm³/mol. The van der Waals surface area contributed by atoms with Crippen LogP contribution in [0.25, 0.3) is 6.08 Å². The number of alkyl halides is 3. The van der Waals surface area contributed by atoms with Gasteiger partial charge in [-0.15, -0.1) is 0 Å². The van der Waals surface area contributed by atoms with Crippen molar-refractivity contribution < 1.29 is 27.5 Å². The largest absolute Gasteiger partial charge is 0.497 e. The number of methoxy groups -OCH3 is 1. The molecular weight excluding hydrogens is 297 g/mol. The van der Waals surface area contributed by atoms with Crippen molar-refractivity contribution in [3.8, 4) is 5.75 Å². The molecule has 2 rings (SSSR count). The Labute approximate surface area is 125 Å². The Balaban J connectivity index is 2.22. The molecule has 1 aromatic rings. The summed E-state index contributed by atoms with van der Waals surface area (Å²) in [6.07, 6.45) is -2.70. The van der Waals surface area contributed by atoms with Gasteiger partial charge in [0, 0.05) is 0 Å². The maximum absolute atomic E-state index is 12.5. The van der Waals surface area contributed by atoms with E-state index in [-0.39, 0.29) is 12.0 Å². The third-order valence-electron chi connectivity index (χ3n) is 3.62. The van der Waals surface area contributed by atoms with Crippen molar-refractivity contribution in [3.05, 3.63) is 35.4 Å².